The zero-order valence-electron chi connectivity index (χ0n) is 20.4. The first-order valence-electron chi connectivity index (χ1n) is 12.2. The molecule has 3 atom stereocenters. The Hall–Kier alpha value is -3.30. The van der Waals surface area contributed by atoms with Crippen LogP contribution in [-0.2, 0) is 7.05 Å². The number of nitrogens with zero attached hydrogens (tertiary/aromatic N) is 5. The van der Waals surface area contributed by atoms with Crippen LogP contribution < -0.4 is 26.0 Å². The van der Waals surface area contributed by atoms with E-state index in [0.29, 0.717) is 36.8 Å². The van der Waals surface area contributed by atoms with Gasteiger partial charge in [-0.1, -0.05) is 12.1 Å². The van der Waals surface area contributed by atoms with Crippen LogP contribution in [0.2, 0.25) is 0 Å². The van der Waals surface area contributed by atoms with Crippen molar-refractivity contribution in [2.75, 3.05) is 42.5 Å². The standard InChI is InChI=1S/C26H32FN7O/c1-17-14-34(15-18(2)30-17)20-6-4-19(5-7-20)24-16-33(11-10-29-24)26-31-23(12-25(35)32(26)3)21-8-9-28-13-22(21)27/h4-9,12-13,17-18,24,29-30H,10-11,14-16H2,1-3H3/t17-,18+,24-/m1/s1. The molecule has 0 amide bonds. The van der Waals surface area contributed by atoms with Crippen LogP contribution in [-0.4, -0.2) is 59.3 Å². The van der Waals surface area contributed by atoms with Crippen molar-refractivity contribution in [3.05, 3.63) is 70.5 Å². The molecule has 2 saturated heterocycles. The van der Waals surface area contributed by atoms with E-state index in [1.165, 1.54) is 28.1 Å². The molecule has 1 aromatic carbocycles. The largest absolute Gasteiger partial charge is 0.368 e. The second-order valence-corrected chi connectivity index (χ2v) is 9.61. The Morgan fingerprint density at radius 1 is 1.03 bits per heavy atom. The van der Waals surface area contributed by atoms with Crippen molar-refractivity contribution in [3.63, 3.8) is 0 Å². The Labute approximate surface area is 204 Å². The third-order valence-corrected chi connectivity index (χ3v) is 6.84. The lowest BCUT2D eigenvalue weighted by atomic mass is 10.0. The van der Waals surface area contributed by atoms with Crippen molar-refractivity contribution in [2.45, 2.75) is 32.0 Å². The zero-order chi connectivity index (χ0) is 24.5. The van der Waals surface area contributed by atoms with Gasteiger partial charge in [-0.25, -0.2) is 9.37 Å². The molecule has 35 heavy (non-hydrogen) atoms. The number of piperazine rings is 2. The van der Waals surface area contributed by atoms with Gasteiger partial charge in [-0.3, -0.25) is 14.3 Å². The fourth-order valence-electron chi connectivity index (χ4n) is 5.14. The Morgan fingerprint density at radius 2 is 1.77 bits per heavy atom. The fraction of sp³-hybridized carbons (Fsp3) is 0.423. The predicted octanol–water partition coefficient (Wildman–Crippen LogP) is 2.32. The molecule has 5 rings (SSSR count). The molecule has 0 unspecified atom stereocenters. The molecule has 3 aromatic rings. The minimum absolute atomic E-state index is 0.0943. The molecule has 0 spiro atoms. The van der Waals surface area contributed by atoms with Crippen LogP contribution in [0.1, 0.15) is 25.5 Å². The average molecular weight is 478 g/mol. The number of hydrogen-bond acceptors (Lipinski definition) is 7. The number of pyridine rings is 1. The maximum Gasteiger partial charge on any atom is 0.255 e. The topological polar surface area (TPSA) is 78.3 Å². The van der Waals surface area contributed by atoms with Crippen LogP contribution in [0.25, 0.3) is 11.3 Å². The van der Waals surface area contributed by atoms with E-state index < -0.39 is 5.82 Å². The molecule has 2 aliphatic heterocycles. The van der Waals surface area contributed by atoms with E-state index in [1.54, 1.807) is 13.1 Å². The quantitative estimate of drug-likeness (QED) is 0.597. The molecule has 4 heterocycles. The summed E-state index contributed by atoms with van der Waals surface area (Å²) in [5, 5.41) is 7.17. The number of benzene rings is 1. The number of halogens is 1. The van der Waals surface area contributed by atoms with E-state index in [0.717, 1.165) is 25.8 Å². The second-order valence-electron chi connectivity index (χ2n) is 9.61. The Morgan fingerprint density at radius 3 is 2.49 bits per heavy atom. The summed E-state index contributed by atoms with van der Waals surface area (Å²) in [6.45, 7) is 8.54. The first kappa shape index (κ1) is 23.4. The zero-order valence-corrected chi connectivity index (χ0v) is 20.4. The average Bonchev–Trinajstić information content (AvgIpc) is 2.85. The van der Waals surface area contributed by atoms with Crippen LogP contribution in [0.4, 0.5) is 16.0 Å². The summed E-state index contributed by atoms with van der Waals surface area (Å²) >= 11 is 0. The van der Waals surface area contributed by atoms with Gasteiger partial charge in [0.25, 0.3) is 5.56 Å². The van der Waals surface area contributed by atoms with Gasteiger partial charge in [0.15, 0.2) is 5.82 Å². The number of nitrogens with one attached hydrogen (secondary N) is 2. The van der Waals surface area contributed by atoms with Crippen LogP contribution in [0.3, 0.4) is 0 Å². The highest BCUT2D eigenvalue weighted by atomic mass is 19.1. The molecule has 8 nitrogen and oxygen atoms in total. The molecule has 2 aromatic heterocycles. The molecule has 2 aliphatic rings. The SMILES string of the molecule is C[C@@H]1CN(c2ccc([C@H]3CN(c4nc(-c5ccncc5F)cc(=O)n4C)CCN3)cc2)C[C@H](C)N1. The van der Waals surface area contributed by atoms with Gasteiger partial charge in [-0.15, -0.1) is 0 Å². The van der Waals surface area contributed by atoms with Gasteiger partial charge in [0.2, 0.25) is 5.95 Å². The van der Waals surface area contributed by atoms with Gasteiger partial charge < -0.3 is 20.4 Å². The molecule has 2 N–H and O–H groups in total. The van der Waals surface area contributed by atoms with Gasteiger partial charge >= 0.3 is 0 Å². The third-order valence-electron chi connectivity index (χ3n) is 6.84. The summed E-state index contributed by atoms with van der Waals surface area (Å²) in [7, 11) is 1.71. The number of hydrogen-bond donors (Lipinski definition) is 2. The molecular weight excluding hydrogens is 445 g/mol. The minimum Gasteiger partial charge on any atom is -0.368 e. The van der Waals surface area contributed by atoms with Crippen molar-refractivity contribution >= 4 is 11.6 Å². The lowest BCUT2D eigenvalue weighted by molar-refractivity contribution is 0.407. The number of rotatable bonds is 4. The summed E-state index contributed by atoms with van der Waals surface area (Å²) < 4.78 is 15.9. The van der Waals surface area contributed by atoms with Crippen molar-refractivity contribution in [1.29, 1.82) is 0 Å². The van der Waals surface area contributed by atoms with E-state index in [9.17, 15) is 9.18 Å². The van der Waals surface area contributed by atoms with Crippen molar-refractivity contribution in [2.24, 2.45) is 7.05 Å². The molecule has 0 aliphatic carbocycles. The van der Waals surface area contributed by atoms with Crippen molar-refractivity contribution in [1.82, 2.24) is 25.2 Å². The highest BCUT2D eigenvalue weighted by molar-refractivity contribution is 5.60. The lowest BCUT2D eigenvalue weighted by Gasteiger charge is -2.38. The maximum atomic E-state index is 14.3. The summed E-state index contributed by atoms with van der Waals surface area (Å²) in [6, 6.07) is 12.7. The van der Waals surface area contributed by atoms with Gasteiger partial charge in [0.05, 0.1) is 11.9 Å². The Bertz CT molecular complexity index is 1240. The van der Waals surface area contributed by atoms with E-state index in [2.05, 4.69) is 68.5 Å². The van der Waals surface area contributed by atoms with Gasteiger partial charge in [0.1, 0.15) is 0 Å². The fourth-order valence-corrected chi connectivity index (χ4v) is 5.14. The predicted molar refractivity (Wildman–Crippen MR) is 136 cm³/mol. The van der Waals surface area contributed by atoms with E-state index >= 15 is 0 Å². The normalized spacial score (nSPS) is 22.9. The summed E-state index contributed by atoms with van der Waals surface area (Å²) in [5.74, 6) is 0.0429. The van der Waals surface area contributed by atoms with Gasteiger partial charge in [0, 0.05) is 81.4 Å². The number of anilines is 2. The van der Waals surface area contributed by atoms with E-state index in [4.69, 9.17) is 0 Å². The first-order valence-corrected chi connectivity index (χ1v) is 12.2. The highest BCUT2D eigenvalue weighted by Crippen LogP contribution is 2.26. The third kappa shape index (κ3) is 4.92. The molecule has 184 valence electrons. The summed E-state index contributed by atoms with van der Waals surface area (Å²) in [4.78, 5) is 25.7. The highest BCUT2D eigenvalue weighted by Gasteiger charge is 2.25. The summed E-state index contributed by atoms with van der Waals surface area (Å²) in [6.07, 6.45) is 2.64. The van der Waals surface area contributed by atoms with Crippen LogP contribution >= 0.6 is 0 Å². The minimum atomic E-state index is -0.495. The smallest absolute Gasteiger partial charge is 0.255 e. The molecule has 0 radical (unpaired) electrons. The first-order chi connectivity index (χ1) is 16.9. The van der Waals surface area contributed by atoms with Crippen LogP contribution in [0.15, 0.2) is 53.6 Å². The maximum absolute atomic E-state index is 14.3. The van der Waals surface area contributed by atoms with E-state index in [1.807, 2.05) is 0 Å². The molecule has 9 heteroatoms. The Balaban J connectivity index is 1.37. The van der Waals surface area contributed by atoms with Gasteiger partial charge in [-0.05, 0) is 37.6 Å². The lowest BCUT2D eigenvalue weighted by Crippen LogP contribution is -2.54. The van der Waals surface area contributed by atoms with Crippen LogP contribution in [0, 0.1) is 5.82 Å². The molecule has 2 fully saturated rings. The second kappa shape index (κ2) is 9.75. The molecule has 0 bridgehead atoms. The van der Waals surface area contributed by atoms with E-state index in [-0.39, 0.29) is 17.2 Å². The van der Waals surface area contributed by atoms with Crippen molar-refractivity contribution in [3.8, 4) is 11.3 Å². The van der Waals surface area contributed by atoms with Gasteiger partial charge in [-0.2, -0.15) is 0 Å². The molecular formula is C26H32FN7O. The summed E-state index contributed by atoms with van der Waals surface area (Å²) in [5.41, 5.74) is 2.80. The number of aromatic nitrogens is 3. The monoisotopic (exact) mass is 477 g/mol. The van der Waals surface area contributed by atoms with Crippen LogP contribution in [0.5, 0.6) is 0 Å². The molecule has 0 saturated carbocycles. The van der Waals surface area contributed by atoms with Crippen molar-refractivity contribution < 1.29 is 4.39 Å². The Kier molecular flexibility index (Phi) is 6.53.